The first-order valence-corrected chi connectivity index (χ1v) is 7.41. The lowest BCUT2D eigenvalue weighted by atomic mass is 9.98. The Morgan fingerprint density at radius 3 is 2.29 bits per heavy atom. The van der Waals surface area contributed by atoms with Gasteiger partial charge in [0.15, 0.2) is 0 Å². The lowest BCUT2D eigenvalue weighted by Gasteiger charge is -2.29. The highest BCUT2D eigenvalue weighted by molar-refractivity contribution is 7.34. The quantitative estimate of drug-likeness (QED) is 0.588. The van der Waals surface area contributed by atoms with Crippen LogP contribution in [0.4, 0.5) is 0 Å². The van der Waals surface area contributed by atoms with E-state index >= 15 is 0 Å². The van der Waals surface area contributed by atoms with Gasteiger partial charge in [0.1, 0.15) is 6.04 Å². The van der Waals surface area contributed by atoms with Crippen LogP contribution in [-0.2, 0) is 9.59 Å². The molecular weight excluding hydrogens is 237 g/mol. The molecule has 0 aliphatic carbocycles. The molecule has 3 atom stereocenters. The highest BCUT2D eigenvalue weighted by Crippen LogP contribution is 2.15. The summed E-state index contributed by atoms with van der Waals surface area (Å²) >= 11 is 0. The molecule has 0 radical (unpaired) electrons. The number of likely N-dealkylation sites (N-methyl/N-ethyl adjacent to an activating group) is 1. The minimum atomic E-state index is -0.603. The molecule has 0 rings (SSSR count). The first-order chi connectivity index (χ1) is 7.95. The molecule has 0 spiro atoms. The Labute approximate surface area is 105 Å². The molecule has 0 aromatic heterocycles. The molecule has 3 N–H and O–H groups in total. The largest absolute Gasteiger partial charge is 0.357 e. The van der Waals surface area contributed by atoms with Crippen LogP contribution in [0.15, 0.2) is 0 Å². The SMILES string of the molecule is CCC(NC(=O)C(C)(CC)NPC)C(=O)NC. The fourth-order valence-corrected chi connectivity index (χ4v) is 2.27. The molecular formula is C11H24N3O2P. The summed E-state index contributed by atoms with van der Waals surface area (Å²) in [5.74, 6) is -0.275. The molecule has 3 unspecified atom stereocenters. The van der Waals surface area contributed by atoms with E-state index in [9.17, 15) is 9.59 Å². The van der Waals surface area contributed by atoms with Gasteiger partial charge in [-0.05, 0) is 26.4 Å². The second-order valence-electron chi connectivity index (χ2n) is 4.11. The van der Waals surface area contributed by atoms with E-state index in [1.165, 1.54) is 0 Å². The van der Waals surface area contributed by atoms with E-state index in [0.717, 1.165) is 0 Å². The van der Waals surface area contributed by atoms with E-state index in [0.29, 0.717) is 21.6 Å². The van der Waals surface area contributed by atoms with E-state index in [4.69, 9.17) is 0 Å². The van der Waals surface area contributed by atoms with Gasteiger partial charge in [0.2, 0.25) is 11.8 Å². The van der Waals surface area contributed by atoms with Crippen LogP contribution < -0.4 is 15.7 Å². The number of rotatable bonds is 7. The van der Waals surface area contributed by atoms with Gasteiger partial charge in [0.05, 0.1) is 5.54 Å². The maximum absolute atomic E-state index is 12.1. The first kappa shape index (κ1) is 16.3. The summed E-state index contributed by atoms with van der Waals surface area (Å²) < 4.78 is 0. The van der Waals surface area contributed by atoms with Crippen LogP contribution >= 0.6 is 8.73 Å². The molecule has 17 heavy (non-hydrogen) atoms. The summed E-state index contributed by atoms with van der Waals surface area (Å²) in [6, 6.07) is -0.458. The van der Waals surface area contributed by atoms with Crippen LogP contribution in [0.5, 0.6) is 0 Å². The molecule has 0 aromatic carbocycles. The van der Waals surface area contributed by atoms with Crippen molar-refractivity contribution in [3.8, 4) is 0 Å². The summed E-state index contributed by atoms with van der Waals surface area (Å²) in [6.45, 7) is 7.67. The first-order valence-electron chi connectivity index (χ1n) is 5.91. The molecule has 0 fully saturated rings. The van der Waals surface area contributed by atoms with Gasteiger partial charge in [-0.25, -0.2) is 0 Å². The third-order valence-electron chi connectivity index (χ3n) is 2.89. The van der Waals surface area contributed by atoms with Crippen molar-refractivity contribution >= 4 is 20.5 Å². The topological polar surface area (TPSA) is 70.2 Å². The van der Waals surface area contributed by atoms with Crippen LogP contribution in [0.2, 0.25) is 0 Å². The summed E-state index contributed by atoms with van der Waals surface area (Å²) in [6.07, 6.45) is 1.27. The summed E-state index contributed by atoms with van der Waals surface area (Å²) in [5.41, 5.74) is -0.603. The van der Waals surface area contributed by atoms with Crippen molar-refractivity contribution in [3.05, 3.63) is 0 Å². The van der Waals surface area contributed by atoms with Gasteiger partial charge in [-0.2, -0.15) is 0 Å². The van der Waals surface area contributed by atoms with Gasteiger partial charge >= 0.3 is 0 Å². The summed E-state index contributed by atoms with van der Waals surface area (Å²) in [5, 5.41) is 8.51. The van der Waals surface area contributed by atoms with Crippen molar-refractivity contribution in [2.24, 2.45) is 0 Å². The molecule has 0 aliphatic rings. The van der Waals surface area contributed by atoms with E-state index < -0.39 is 11.6 Å². The molecule has 0 saturated heterocycles. The normalized spacial score (nSPS) is 16.5. The molecule has 0 aromatic rings. The van der Waals surface area contributed by atoms with Gasteiger partial charge < -0.3 is 10.6 Å². The maximum atomic E-state index is 12.1. The number of carbonyl (C=O) groups excluding carboxylic acids is 2. The Kier molecular flexibility index (Phi) is 7.32. The fraction of sp³-hybridized carbons (Fsp3) is 0.818. The summed E-state index contributed by atoms with van der Waals surface area (Å²) in [4.78, 5) is 23.6. The number of hydrogen-bond donors (Lipinski definition) is 3. The Morgan fingerprint density at radius 2 is 1.94 bits per heavy atom. The highest BCUT2D eigenvalue weighted by atomic mass is 31.1. The summed E-state index contributed by atoms with van der Waals surface area (Å²) in [7, 11) is 2.06. The van der Waals surface area contributed by atoms with E-state index in [1.54, 1.807) is 7.05 Å². The van der Waals surface area contributed by atoms with Gasteiger partial charge in [0.25, 0.3) is 0 Å². The van der Waals surface area contributed by atoms with Crippen molar-refractivity contribution in [2.75, 3.05) is 13.7 Å². The van der Waals surface area contributed by atoms with Crippen molar-refractivity contribution in [1.82, 2.24) is 15.7 Å². The van der Waals surface area contributed by atoms with Crippen molar-refractivity contribution in [2.45, 2.75) is 45.2 Å². The Balaban J connectivity index is 4.63. The zero-order valence-electron chi connectivity index (χ0n) is 11.3. The van der Waals surface area contributed by atoms with E-state index in [1.807, 2.05) is 27.4 Å². The number of carbonyl (C=O) groups is 2. The maximum Gasteiger partial charge on any atom is 0.242 e. The molecule has 0 aliphatic heterocycles. The monoisotopic (exact) mass is 261 g/mol. The van der Waals surface area contributed by atoms with Crippen molar-refractivity contribution in [3.63, 3.8) is 0 Å². The second-order valence-corrected chi connectivity index (χ2v) is 4.86. The molecule has 0 saturated carbocycles. The zero-order valence-corrected chi connectivity index (χ0v) is 12.3. The molecule has 0 heterocycles. The average molecular weight is 261 g/mol. The highest BCUT2D eigenvalue weighted by Gasteiger charge is 2.32. The van der Waals surface area contributed by atoms with Crippen LogP contribution in [0.25, 0.3) is 0 Å². The minimum Gasteiger partial charge on any atom is -0.357 e. The third-order valence-corrected chi connectivity index (χ3v) is 3.69. The van der Waals surface area contributed by atoms with Crippen LogP contribution in [-0.4, -0.2) is 37.1 Å². The lowest BCUT2D eigenvalue weighted by molar-refractivity contribution is -0.131. The number of hydrogen-bond acceptors (Lipinski definition) is 3. The molecule has 100 valence electrons. The Bertz CT molecular complexity index is 273. The lowest BCUT2D eigenvalue weighted by Crippen LogP contribution is -2.56. The molecule has 6 heteroatoms. The molecule has 2 amide bonds. The zero-order chi connectivity index (χ0) is 13.5. The van der Waals surface area contributed by atoms with Crippen LogP contribution in [0.3, 0.4) is 0 Å². The standard InChI is InChI=1S/C11H24N3O2P/c1-6-8(9(15)12-4)13-10(16)11(3,7-2)14-17-5/h8,14,17H,6-7H2,1-5H3,(H,12,15)(H,13,16). The van der Waals surface area contributed by atoms with E-state index in [2.05, 4.69) is 15.7 Å². The Hall–Kier alpha value is -0.670. The fourth-order valence-electron chi connectivity index (χ4n) is 1.43. The molecule has 0 bridgehead atoms. The third kappa shape index (κ3) is 4.60. The smallest absolute Gasteiger partial charge is 0.242 e. The van der Waals surface area contributed by atoms with Gasteiger partial charge in [0, 0.05) is 7.05 Å². The Morgan fingerprint density at radius 1 is 1.35 bits per heavy atom. The molecule has 5 nitrogen and oxygen atoms in total. The van der Waals surface area contributed by atoms with Crippen molar-refractivity contribution < 1.29 is 9.59 Å². The number of amides is 2. The van der Waals surface area contributed by atoms with Crippen LogP contribution in [0.1, 0.15) is 33.6 Å². The van der Waals surface area contributed by atoms with Gasteiger partial charge in [-0.3, -0.25) is 14.7 Å². The average Bonchev–Trinajstić information content (AvgIpc) is 2.34. The van der Waals surface area contributed by atoms with Crippen LogP contribution in [0, 0.1) is 0 Å². The van der Waals surface area contributed by atoms with Crippen molar-refractivity contribution in [1.29, 1.82) is 0 Å². The predicted octanol–water partition coefficient (Wildman–Crippen LogP) is 0.609. The number of nitrogens with one attached hydrogen (secondary N) is 3. The minimum absolute atomic E-state index is 0.121. The predicted molar refractivity (Wildman–Crippen MR) is 72.4 cm³/mol. The van der Waals surface area contributed by atoms with Gasteiger partial charge in [-0.15, -0.1) is 0 Å². The van der Waals surface area contributed by atoms with Gasteiger partial charge in [-0.1, -0.05) is 22.6 Å². The van der Waals surface area contributed by atoms with E-state index in [-0.39, 0.29) is 11.8 Å². The second kappa shape index (κ2) is 7.62.